The van der Waals surface area contributed by atoms with Gasteiger partial charge in [0.15, 0.2) is 0 Å². The van der Waals surface area contributed by atoms with E-state index in [1.54, 1.807) is 0 Å². The first-order valence-corrected chi connectivity index (χ1v) is 12.1. The number of aliphatic hydroxyl groups excluding tert-OH is 1. The lowest BCUT2D eigenvalue weighted by Gasteiger charge is -2.20. The molecule has 0 aromatic heterocycles. The fourth-order valence-electron chi connectivity index (χ4n) is 3.00. The minimum atomic E-state index is -1.08. The molecule has 3 unspecified atom stereocenters. The number of hydrogen-bond acceptors (Lipinski definition) is 5. The number of aliphatic carboxylic acids is 2. The molecule has 5 N–H and O–H groups in total. The molecule has 0 aliphatic heterocycles. The van der Waals surface area contributed by atoms with Crippen LogP contribution in [-0.2, 0) is 9.59 Å². The van der Waals surface area contributed by atoms with Crippen molar-refractivity contribution in [2.45, 2.75) is 108 Å². The number of aliphatic hydroxyl groups is 1. The number of carbonyl (C=O) groups is 2. The molecule has 0 aliphatic carbocycles. The van der Waals surface area contributed by atoms with E-state index in [1.165, 1.54) is 69.5 Å². The van der Waals surface area contributed by atoms with Crippen LogP contribution in [0.1, 0.15) is 90.4 Å². The first kappa shape index (κ1) is 27.9. The molecule has 0 spiro atoms. The number of nitrogens with two attached hydrogens (primary N) is 1. The van der Waals surface area contributed by atoms with Crippen molar-refractivity contribution in [2.75, 3.05) is 5.75 Å². The van der Waals surface area contributed by atoms with Gasteiger partial charge in [0.05, 0.1) is 6.10 Å². The predicted octanol–water partition coefficient (Wildman–Crippen LogP) is 4.59. The Morgan fingerprint density at radius 2 is 1.52 bits per heavy atom. The number of unbranched alkanes of at least 4 members (excludes halogenated alkanes) is 10. The summed E-state index contributed by atoms with van der Waals surface area (Å²) in [5.74, 6) is -1.86. The summed E-state index contributed by atoms with van der Waals surface area (Å²) in [6, 6.07) is -0.996. The molecule has 0 radical (unpaired) electrons. The predicted molar refractivity (Wildman–Crippen MR) is 120 cm³/mol. The summed E-state index contributed by atoms with van der Waals surface area (Å²) < 4.78 is 0. The summed E-state index contributed by atoms with van der Waals surface area (Å²) in [7, 11) is 0. The highest BCUT2D eigenvalue weighted by atomic mass is 32.2. The van der Waals surface area contributed by atoms with Gasteiger partial charge in [-0.2, -0.15) is 0 Å². The zero-order valence-corrected chi connectivity index (χ0v) is 18.7. The molecule has 7 heteroatoms. The van der Waals surface area contributed by atoms with Crippen molar-refractivity contribution in [3.63, 3.8) is 0 Å². The number of thioether (sulfide) groups is 1. The van der Waals surface area contributed by atoms with Crippen LogP contribution in [0.5, 0.6) is 0 Å². The highest BCUT2D eigenvalue weighted by Crippen LogP contribution is 2.21. The Kier molecular flexibility index (Phi) is 18.3. The van der Waals surface area contributed by atoms with Crippen LogP contribution in [0.15, 0.2) is 12.2 Å². The Labute approximate surface area is 180 Å². The smallest absolute Gasteiger partial charge is 0.321 e. The van der Waals surface area contributed by atoms with Crippen LogP contribution in [0, 0.1) is 0 Å². The third kappa shape index (κ3) is 17.5. The maximum absolute atomic E-state index is 10.9. The molecular formula is C22H41NO5S. The minimum Gasteiger partial charge on any atom is -0.481 e. The zero-order valence-electron chi connectivity index (χ0n) is 17.9. The van der Waals surface area contributed by atoms with Crippen LogP contribution in [0.3, 0.4) is 0 Å². The van der Waals surface area contributed by atoms with Crippen LogP contribution in [-0.4, -0.2) is 50.4 Å². The lowest BCUT2D eigenvalue weighted by molar-refractivity contribution is -0.138. The average molecular weight is 432 g/mol. The Morgan fingerprint density at radius 1 is 0.966 bits per heavy atom. The van der Waals surface area contributed by atoms with E-state index in [-0.39, 0.29) is 23.8 Å². The summed E-state index contributed by atoms with van der Waals surface area (Å²) in [5, 5.41) is 27.6. The second kappa shape index (κ2) is 18.9. The van der Waals surface area contributed by atoms with Gasteiger partial charge in [0.1, 0.15) is 6.04 Å². The quantitative estimate of drug-likeness (QED) is 0.164. The third-order valence-corrected chi connectivity index (χ3v) is 6.28. The molecule has 0 amide bonds. The maximum atomic E-state index is 10.9. The second-order valence-electron chi connectivity index (χ2n) is 7.64. The summed E-state index contributed by atoms with van der Waals surface area (Å²) in [5.41, 5.74) is 5.54. The fraction of sp³-hybridized carbons (Fsp3) is 0.818. The van der Waals surface area contributed by atoms with Gasteiger partial charge in [0.25, 0.3) is 0 Å². The molecule has 0 bridgehead atoms. The van der Waals surface area contributed by atoms with Gasteiger partial charge in [0, 0.05) is 17.4 Å². The van der Waals surface area contributed by atoms with Crippen molar-refractivity contribution >= 4 is 23.7 Å². The standard InChI is InChI=1S/C22H41NO5S/c1-2-3-4-5-6-7-8-9-10-11-12-13-14-20(19(24)15-16-21(25)26)29-17-18(23)22(27)28/h13-14,18-20,24H,2-12,15-17,23H2,1H3,(H,25,26)(H,27,28)/b14-13-. The van der Waals surface area contributed by atoms with E-state index in [1.807, 2.05) is 12.2 Å². The summed E-state index contributed by atoms with van der Waals surface area (Å²) >= 11 is 1.27. The monoisotopic (exact) mass is 431 g/mol. The molecule has 0 fully saturated rings. The van der Waals surface area contributed by atoms with E-state index in [0.717, 1.165) is 12.8 Å². The molecule has 0 aliphatic rings. The van der Waals surface area contributed by atoms with Crippen molar-refractivity contribution in [1.29, 1.82) is 0 Å². The molecule has 0 rings (SSSR count). The van der Waals surface area contributed by atoms with Crippen LogP contribution >= 0.6 is 11.8 Å². The van der Waals surface area contributed by atoms with Crippen molar-refractivity contribution in [3.05, 3.63) is 12.2 Å². The molecule has 3 atom stereocenters. The Morgan fingerprint density at radius 3 is 2.03 bits per heavy atom. The number of carboxylic acid groups (broad SMARTS) is 2. The topological polar surface area (TPSA) is 121 Å². The van der Waals surface area contributed by atoms with Crippen molar-refractivity contribution < 1.29 is 24.9 Å². The van der Waals surface area contributed by atoms with E-state index in [4.69, 9.17) is 15.9 Å². The van der Waals surface area contributed by atoms with E-state index in [2.05, 4.69) is 6.92 Å². The van der Waals surface area contributed by atoms with Crippen LogP contribution in [0.2, 0.25) is 0 Å². The first-order chi connectivity index (χ1) is 13.9. The van der Waals surface area contributed by atoms with Gasteiger partial charge in [-0.3, -0.25) is 9.59 Å². The lowest BCUT2D eigenvalue weighted by atomic mass is 10.1. The van der Waals surface area contributed by atoms with E-state index >= 15 is 0 Å². The van der Waals surface area contributed by atoms with Crippen molar-refractivity contribution in [3.8, 4) is 0 Å². The van der Waals surface area contributed by atoms with Crippen molar-refractivity contribution in [2.24, 2.45) is 5.73 Å². The minimum absolute atomic E-state index is 0.116. The van der Waals surface area contributed by atoms with Crippen LogP contribution in [0.4, 0.5) is 0 Å². The fourth-order valence-corrected chi connectivity index (χ4v) is 4.15. The molecule has 0 aromatic rings. The molecule has 6 nitrogen and oxygen atoms in total. The molecule has 0 aromatic carbocycles. The lowest BCUT2D eigenvalue weighted by Crippen LogP contribution is -2.34. The van der Waals surface area contributed by atoms with Gasteiger partial charge < -0.3 is 21.1 Å². The third-order valence-electron chi connectivity index (χ3n) is 4.87. The summed E-state index contributed by atoms with van der Waals surface area (Å²) in [6.07, 6.45) is 16.8. The van der Waals surface area contributed by atoms with Gasteiger partial charge in [-0.25, -0.2) is 0 Å². The Balaban J connectivity index is 4.09. The highest BCUT2D eigenvalue weighted by molar-refractivity contribution is 8.00. The molecule has 29 heavy (non-hydrogen) atoms. The second-order valence-corrected chi connectivity index (χ2v) is 8.85. The zero-order chi connectivity index (χ0) is 21.9. The average Bonchev–Trinajstić information content (AvgIpc) is 2.68. The number of allylic oxidation sites excluding steroid dienone is 1. The van der Waals surface area contributed by atoms with E-state index in [9.17, 15) is 14.7 Å². The van der Waals surface area contributed by atoms with E-state index < -0.39 is 24.1 Å². The largest absolute Gasteiger partial charge is 0.481 e. The Bertz CT molecular complexity index is 458. The van der Waals surface area contributed by atoms with Gasteiger partial charge in [0.2, 0.25) is 0 Å². The highest BCUT2D eigenvalue weighted by Gasteiger charge is 2.21. The SMILES string of the molecule is CCCCCCCCCCCC/C=C\C(SCC(N)C(=O)O)C(O)CCC(=O)O. The molecule has 0 saturated heterocycles. The van der Waals surface area contributed by atoms with E-state index in [0.29, 0.717) is 0 Å². The normalized spacial score (nSPS) is 14.7. The molecule has 170 valence electrons. The molecule has 0 heterocycles. The summed E-state index contributed by atoms with van der Waals surface area (Å²) in [4.78, 5) is 21.6. The van der Waals surface area contributed by atoms with Gasteiger partial charge in [-0.05, 0) is 19.3 Å². The van der Waals surface area contributed by atoms with Crippen molar-refractivity contribution in [1.82, 2.24) is 0 Å². The van der Waals surface area contributed by atoms with Gasteiger partial charge in [-0.1, -0.05) is 76.9 Å². The van der Waals surface area contributed by atoms with Crippen LogP contribution < -0.4 is 5.73 Å². The number of carboxylic acids is 2. The number of rotatable bonds is 20. The number of hydrogen-bond donors (Lipinski definition) is 4. The molecular weight excluding hydrogens is 390 g/mol. The van der Waals surface area contributed by atoms with Gasteiger partial charge >= 0.3 is 11.9 Å². The first-order valence-electron chi connectivity index (χ1n) is 11.0. The summed E-state index contributed by atoms with van der Waals surface area (Å²) in [6.45, 7) is 2.23. The Hall–Kier alpha value is -1.05. The van der Waals surface area contributed by atoms with Gasteiger partial charge in [-0.15, -0.1) is 11.8 Å². The molecule has 0 saturated carbocycles. The van der Waals surface area contributed by atoms with Crippen LogP contribution in [0.25, 0.3) is 0 Å². The maximum Gasteiger partial charge on any atom is 0.321 e.